The van der Waals surface area contributed by atoms with Gasteiger partial charge >= 0.3 is 6.03 Å². The molecule has 1 aliphatic carbocycles. The molecule has 2 heterocycles. The van der Waals surface area contributed by atoms with Crippen LogP contribution >= 0.6 is 0 Å². The van der Waals surface area contributed by atoms with Gasteiger partial charge in [-0.2, -0.15) is 0 Å². The zero-order chi connectivity index (χ0) is 17.5. The van der Waals surface area contributed by atoms with Gasteiger partial charge in [-0.15, -0.1) is 0 Å². The fourth-order valence-electron chi connectivity index (χ4n) is 4.01. The summed E-state index contributed by atoms with van der Waals surface area (Å²) in [5, 5.41) is 6.02. The molecule has 1 aliphatic heterocycles. The first-order valence-electron chi connectivity index (χ1n) is 9.52. The fourth-order valence-corrected chi connectivity index (χ4v) is 4.01. The number of carbonyl (C=O) groups is 1. The zero-order valence-electron chi connectivity index (χ0n) is 15.2. The predicted molar refractivity (Wildman–Crippen MR) is 97.6 cm³/mol. The Morgan fingerprint density at radius 2 is 2.00 bits per heavy atom. The van der Waals surface area contributed by atoms with Gasteiger partial charge in [0.25, 0.3) is 0 Å². The number of pyridine rings is 1. The average molecular weight is 346 g/mol. The number of amides is 2. The Morgan fingerprint density at radius 3 is 2.72 bits per heavy atom. The molecule has 6 nitrogen and oxygen atoms in total. The predicted octanol–water partition coefficient (Wildman–Crippen LogP) is 2.69. The number of urea groups is 1. The van der Waals surface area contributed by atoms with Gasteiger partial charge in [0.2, 0.25) is 5.88 Å². The number of nitrogens with one attached hydrogen (secondary N) is 2. The van der Waals surface area contributed by atoms with Crippen molar-refractivity contribution in [3.8, 4) is 5.88 Å². The second-order valence-corrected chi connectivity index (χ2v) is 7.10. The Labute approximate surface area is 150 Å². The molecule has 0 unspecified atom stereocenters. The molecule has 0 bridgehead atoms. The van der Waals surface area contributed by atoms with Crippen LogP contribution < -0.4 is 15.4 Å². The summed E-state index contributed by atoms with van der Waals surface area (Å²) in [5.41, 5.74) is 0.882. The van der Waals surface area contributed by atoms with Crippen molar-refractivity contribution in [3.63, 3.8) is 0 Å². The minimum absolute atomic E-state index is 0.109. The maximum absolute atomic E-state index is 12.2. The van der Waals surface area contributed by atoms with Gasteiger partial charge in [-0.05, 0) is 31.7 Å². The number of likely N-dealkylation sites (tertiary alicyclic amines) is 1. The summed E-state index contributed by atoms with van der Waals surface area (Å²) in [6, 6.07) is 4.70. The van der Waals surface area contributed by atoms with E-state index in [-0.39, 0.29) is 12.1 Å². The van der Waals surface area contributed by atoms with Crippen molar-refractivity contribution >= 4 is 6.03 Å². The molecule has 1 saturated heterocycles. The Morgan fingerprint density at radius 1 is 1.24 bits per heavy atom. The molecule has 0 atom stereocenters. The molecule has 6 heteroatoms. The molecule has 138 valence electrons. The highest BCUT2D eigenvalue weighted by atomic mass is 16.5. The molecule has 2 fully saturated rings. The summed E-state index contributed by atoms with van der Waals surface area (Å²) in [4.78, 5) is 18.9. The van der Waals surface area contributed by atoms with Gasteiger partial charge in [-0.1, -0.05) is 25.3 Å². The number of hydrogen-bond donors (Lipinski definition) is 2. The smallest absolute Gasteiger partial charge is 0.315 e. The van der Waals surface area contributed by atoms with E-state index in [1.165, 1.54) is 32.1 Å². The van der Waals surface area contributed by atoms with Crippen molar-refractivity contribution in [2.24, 2.45) is 0 Å². The minimum Gasteiger partial charge on any atom is -0.481 e. The van der Waals surface area contributed by atoms with Gasteiger partial charge in [-0.25, -0.2) is 9.78 Å². The number of carbonyl (C=O) groups excluding carboxylic acids is 1. The summed E-state index contributed by atoms with van der Waals surface area (Å²) in [6.07, 6.45) is 10.6. The molecule has 0 aromatic carbocycles. The van der Waals surface area contributed by atoms with Gasteiger partial charge in [0.15, 0.2) is 0 Å². The van der Waals surface area contributed by atoms with Gasteiger partial charge in [-0.3, -0.25) is 0 Å². The quantitative estimate of drug-likeness (QED) is 0.860. The number of nitrogens with zero attached hydrogens (tertiary/aromatic N) is 2. The van der Waals surface area contributed by atoms with E-state index in [2.05, 4.69) is 20.5 Å². The van der Waals surface area contributed by atoms with E-state index in [4.69, 9.17) is 4.74 Å². The summed E-state index contributed by atoms with van der Waals surface area (Å²) in [5.74, 6) is 0.559. The lowest BCUT2D eigenvalue weighted by Gasteiger charge is -2.39. The number of aromatic nitrogens is 1. The molecule has 0 spiro atoms. The van der Waals surface area contributed by atoms with E-state index in [1.54, 1.807) is 13.3 Å². The van der Waals surface area contributed by atoms with Gasteiger partial charge < -0.3 is 20.3 Å². The van der Waals surface area contributed by atoms with Crippen LogP contribution in [0.15, 0.2) is 18.3 Å². The first-order valence-corrected chi connectivity index (χ1v) is 9.52. The molecular formula is C19H30N4O2. The van der Waals surface area contributed by atoms with Crippen LogP contribution in [0, 0.1) is 0 Å². The van der Waals surface area contributed by atoms with E-state index in [0.29, 0.717) is 12.4 Å². The maximum Gasteiger partial charge on any atom is 0.315 e. The number of ether oxygens (including phenoxy) is 1. The summed E-state index contributed by atoms with van der Waals surface area (Å²) in [6.45, 7) is 2.63. The topological polar surface area (TPSA) is 66.5 Å². The average Bonchev–Trinajstić information content (AvgIpc) is 2.68. The van der Waals surface area contributed by atoms with Gasteiger partial charge in [0.1, 0.15) is 0 Å². The first-order chi connectivity index (χ1) is 12.3. The summed E-state index contributed by atoms with van der Waals surface area (Å²) in [7, 11) is 1.59. The number of hydrogen-bond acceptors (Lipinski definition) is 4. The van der Waals surface area contributed by atoms with Gasteiger partial charge in [0, 0.05) is 43.5 Å². The van der Waals surface area contributed by atoms with Crippen molar-refractivity contribution in [3.05, 3.63) is 23.9 Å². The monoisotopic (exact) mass is 346 g/mol. The second-order valence-electron chi connectivity index (χ2n) is 7.10. The molecule has 2 N–H and O–H groups in total. The lowest BCUT2D eigenvalue weighted by atomic mass is 9.92. The maximum atomic E-state index is 12.2. The highest BCUT2D eigenvalue weighted by molar-refractivity contribution is 5.74. The lowest BCUT2D eigenvalue weighted by molar-refractivity contribution is 0.117. The van der Waals surface area contributed by atoms with Crippen LogP contribution in [0.5, 0.6) is 5.88 Å². The SMILES string of the molecule is COc1ncccc1CNC(=O)NC1CCN(C2CCCCC2)CC1. The molecule has 2 aliphatic rings. The molecule has 0 radical (unpaired) electrons. The Hall–Kier alpha value is -1.82. The minimum atomic E-state index is -0.109. The van der Waals surface area contributed by atoms with Crippen LogP contribution in [0.1, 0.15) is 50.5 Å². The van der Waals surface area contributed by atoms with Crippen molar-refractivity contribution in [1.82, 2.24) is 20.5 Å². The van der Waals surface area contributed by atoms with Crippen LogP contribution in [-0.4, -0.2) is 48.2 Å². The lowest BCUT2D eigenvalue weighted by Crippen LogP contribution is -2.50. The first kappa shape index (κ1) is 18.0. The van der Waals surface area contributed by atoms with Crippen molar-refractivity contribution < 1.29 is 9.53 Å². The van der Waals surface area contributed by atoms with Crippen LogP contribution in [0.25, 0.3) is 0 Å². The number of methoxy groups -OCH3 is 1. The molecule has 2 amide bonds. The van der Waals surface area contributed by atoms with Crippen molar-refractivity contribution in [1.29, 1.82) is 0 Å². The van der Waals surface area contributed by atoms with E-state index in [1.807, 2.05) is 12.1 Å². The summed E-state index contributed by atoms with van der Waals surface area (Å²) >= 11 is 0. The largest absolute Gasteiger partial charge is 0.481 e. The fraction of sp³-hybridized carbons (Fsp3) is 0.684. The van der Waals surface area contributed by atoms with Crippen LogP contribution in [-0.2, 0) is 6.54 Å². The van der Waals surface area contributed by atoms with Gasteiger partial charge in [0.05, 0.1) is 7.11 Å². The Bertz CT molecular complexity index is 552. The third-order valence-electron chi connectivity index (χ3n) is 5.44. The number of rotatable bonds is 5. The third-order valence-corrected chi connectivity index (χ3v) is 5.44. The Kier molecular flexibility index (Phi) is 6.50. The molecule has 1 aromatic rings. The molecule has 3 rings (SSSR count). The zero-order valence-corrected chi connectivity index (χ0v) is 15.2. The van der Waals surface area contributed by atoms with E-state index in [9.17, 15) is 4.79 Å². The summed E-state index contributed by atoms with van der Waals surface area (Å²) < 4.78 is 5.21. The standard InChI is InChI=1S/C19H30N4O2/c1-25-18-15(6-5-11-20-18)14-21-19(24)22-16-9-12-23(13-10-16)17-7-3-2-4-8-17/h5-6,11,16-17H,2-4,7-10,12-14H2,1H3,(H2,21,22,24). The Balaban J connectivity index is 1.39. The molecule has 25 heavy (non-hydrogen) atoms. The third kappa shape index (κ3) is 5.08. The molecule has 1 saturated carbocycles. The van der Waals surface area contributed by atoms with Crippen LogP contribution in [0.2, 0.25) is 0 Å². The highest BCUT2D eigenvalue weighted by Crippen LogP contribution is 2.25. The van der Waals surface area contributed by atoms with Crippen molar-refractivity contribution in [2.75, 3.05) is 20.2 Å². The van der Waals surface area contributed by atoms with Crippen molar-refractivity contribution in [2.45, 2.75) is 63.6 Å². The molecular weight excluding hydrogens is 316 g/mol. The number of piperidine rings is 1. The van der Waals surface area contributed by atoms with E-state index in [0.717, 1.165) is 37.5 Å². The normalized spacial score (nSPS) is 20.2. The van der Waals surface area contributed by atoms with Crippen LogP contribution in [0.4, 0.5) is 4.79 Å². The van der Waals surface area contributed by atoms with E-state index < -0.39 is 0 Å². The van der Waals surface area contributed by atoms with Crippen LogP contribution in [0.3, 0.4) is 0 Å². The van der Waals surface area contributed by atoms with E-state index >= 15 is 0 Å². The second kappa shape index (κ2) is 9.04. The highest BCUT2D eigenvalue weighted by Gasteiger charge is 2.26. The molecule has 1 aromatic heterocycles.